The molecule has 0 saturated carbocycles. The van der Waals surface area contributed by atoms with Crippen LogP contribution in [0.5, 0.6) is 0 Å². The molecular weight excluding hydrogens is 319 g/mol. The Morgan fingerprint density at radius 2 is 1.25 bits per heavy atom. The van der Waals surface area contributed by atoms with Crippen LogP contribution in [-0.4, -0.2) is 68.3 Å². The summed E-state index contributed by atoms with van der Waals surface area (Å²) in [5, 5.41) is 0. The summed E-state index contributed by atoms with van der Waals surface area (Å²) in [4.78, 5) is 0. The molecular formula is H8GaInOSn. The van der Waals surface area contributed by atoms with Crippen molar-refractivity contribution in [3.05, 3.63) is 0 Å². The van der Waals surface area contributed by atoms with Crippen LogP contribution in [0.1, 0.15) is 0 Å². The Bertz CT molecular complexity index is 8.00. The van der Waals surface area contributed by atoms with E-state index in [1.54, 1.807) is 0 Å². The van der Waals surface area contributed by atoms with Crippen molar-refractivity contribution in [2.75, 3.05) is 0 Å². The summed E-state index contributed by atoms with van der Waals surface area (Å²) < 4.78 is 8.38. The molecule has 0 saturated heterocycles. The molecule has 0 aromatic heterocycles. The van der Waals surface area contributed by atoms with Gasteiger partial charge >= 0.3 is 71.8 Å². The molecule has 4 heavy (non-hydrogen) atoms. The van der Waals surface area contributed by atoms with Crippen molar-refractivity contribution in [3.63, 3.8) is 0 Å². The van der Waals surface area contributed by atoms with E-state index in [-0.39, 0.29) is 68.3 Å². The van der Waals surface area contributed by atoms with Crippen LogP contribution >= 0.6 is 0 Å². The minimum atomic E-state index is 0. The van der Waals surface area contributed by atoms with Gasteiger partial charge < -0.3 is 0 Å². The first-order valence-corrected chi connectivity index (χ1v) is 1.50. The van der Waals surface area contributed by atoms with Crippen molar-refractivity contribution in [1.29, 1.82) is 0 Å². The Kier molecular flexibility index (Phi) is 80.1. The third-order valence-electron chi connectivity index (χ3n) is 0. The van der Waals surface area contributed by atoms with Crippen molar-refractivity contribution in [1.82, 2.24) is 0 Å². The van der Waals surface area contributed by atoms with E-state index in [0.717, 1.165) is 0 Å². The number of hydrogen-bond donors (Lipinski definition) is 0. The Hall–Kier alpha value is 2.11. The molecule has 0 bridgehead atoms. The fraction of sp³-hybridized carbons (Fsp3) is 0. The third-order valence-corrected chi connectivity index (χ3v) is 0. The summed E-state index contributed by atoms with van der Waals surface area (Å²) in [6.45, 7) is 0. The maximum atomic E-state index is 8.38. The first-order valence-electron chi connectivity index (χ1n) is 0.289. The molecule has 0 unspecified atom stereocenters. The van der Waals surface area contributed by atoms with Crippen molar-refractivity contribution in [2.24, 2.45) is 0 Å². The van der Waals surface area contributed by atoms with Gasteiger partial charge in [0.1, 0.15) is 0 Å². The standard InChI is InChI=1S/Ga.In.O.Sn.8H. The van der Waals surface area contributed by atoms with E-state index in [1.165, 1.54) is 0 Å². The Labute approximate surface area is 70.8 Å². The van der Waals surface area contributed by atoms with Gasteiger partial charge in [-0.15, -0.1) is 0 Å². The summed E-state index contributed by atoms with van der Waals surface area (Å²) in [6, 6.07) is 0. The molecule has 0 radical (unpaired) electrons. The Balaban J connectivity index is -0.00000000500. The van der Waals surface area contributed by atoms with Crippen LogP contribution < -0.4 is 0 Å². The van der Waals surface area contributed by atoms with Gasteiger partial charge in [-0.05, 0) is 0 Å². The molecule has 4 heteroatoms. The molecule has 1 nitrogen and oxygen atoms in total. The first-order chi connectivity index (χ1) is 1.00. The molecule has 0 aromatic rings. The zero-order valence-corrected chi connectivity index (χ0v) is 4.08. The van der Waals surface area contributed by atoms with Crippen LogP contribution in [0.4, 0.5) is 0 Å². The molecule has 0 rings (SSSR count). The second-order valence-corrected chi connectivity index (χ2v) is 0. The molecule has 0 aromatic carbocycles. The average molecular weight is 327 g/mol. The van der Waals surface area contributed by atoms with Gasteiger partial charge in [-0.25, -0.2) is 0 Å². The topological polar surface area (TPSA) is 17.1 Å². The van der Waals surface area contributed by atoms with Gasteiger partial charge in [0.2, 0.25) is 0 Å². The SMILES string of the molecule is [InH3].[O]=[GaH].[SnH4]. The van der Waals surface area contributed by atoms with E-state index in [9.17, 15) is 0 Å². The van der Waals surface area contributed by atoms with Gasteiger partial charge in [-0.1, -0.05) is 0 Å². The number of rotatable bonds is 0. The predicted molar refractivity (Wildman–Crippen MR) is 29.1 cm³/mol. The van der Waals surface area contributed by atoms with Crippen molar-refractivity contribution in [2.45, 2.75) is 0 Å². The summed E-state index contributed by atoms with van der Waals surface area (Å²) in [5.74, 6) is 0. The molecule has 0 atom stereocenters. The van der Waals surface area contributed by atoms with Gasteiger partial charge in [0.15, 0.2) is 0 Å². The predicted octanol–water partition coefficient (Wildman–Crippen LogP) is -3.40. The monoisotopic (exact) mass is 328 g/mol. The Morgan fingerprint density at radius 3 is 1.25 bits per heavy atom. The van der Waals surface area contributed by atoms with Gasteiger partial charge in [-0.3, -0.25) is 0 Å². The van der Waals surface area contributed by atoms with E-state index >= 15 is 0 Å². The van der Waals surface area contributed by atoms with Gasteiger partial charge in [0.25, 0.3) is 0 Å². The van der Waals surface area contributed by atoms with E-state index in [2.05, 4.69) is 0 Å². The maximum absolute atomic E-state index is 8.38. The van der Waals surface area contributed by atoms with Crippen LogP contribution in [0.3, 0.4) is 0 Å². The van der Waals surface area contributed by atoms with Gasteiger partial charge in [0, 0.05) is 0 Å². The van der Waals surface area contributed by atoms with Crippen molar-refractivity contribution < 1.29 is 3.54 Å². The zero-order chi connectivity index (χ0) is 2.00. The average Bonchev–Trinajstić information content (AvgIpc) is 1.00. The van der Waals surface area contributed by atoms with E-state index in [4.69, 9.17) is 3.54 Å². The molecule has 0 heterocycles. The second-order valence-electron chi connectivity index (χ2n) is 0. The third kappa shape index (κ3) is 8.93. The quantitative estimate of drug-likeness (QED) is 0.424. The molecule has 0 amide bonds. The number of hydrogen-bond acceptors (Lipinski definition) is 1. The van der Waals surface area contributed by atoms with E-state index in [0.29, 0.717) is 0 Å². The summed E-state index contributed by atoms with van der Waals surface area (Å²) in [7, 11) is 0. The van der Waals surface area contributed by atoms with Crippen LogP contribution in [-0.2, 0) is 3.54 Å². The second kappa shape index (κ2) is 19.4. The summed E-state index contributed by atoms with van der Waals surface area (Å²) >= 11 is 0.125. The van der Waals surface area contributed by atoms with Crippen molar-refractivity contribution >= 4 is 68.3 Å². The van der Waals surface area contributed by atoms with Crippen LogP contribution in [0, 0.1) is 0 Å². The molecule has 0 aliphatic rings. The first kappa shape index (κ1) is 16.5. The van der Waals surface area contributed by atoms with Crippen LogP contribution in [0.15, 0.2) is 0 Å². The minimum absolute atomic E-state index is 0. The molecule has 0 aliphatic carbocycles. The molecule has 24 valence electrons. The molecule has 0 N–H and O–H groups in total. The fourth-order valence-corrected chi connectivity index (χ4v) is 0. The van der Waals surface area contributed by atoms with E-state index in [1.807, 2.05) is 0 Å². The summed E-state index contributed by atoms with van der Waals surface area (Å²) in [5.41, 5.74) is 0. The van der Waals surface area contributed by atoms with Crippen molar-refractivity contribution in [3.8, 4) is 0 Å². The van der Waals surface area contributed by atoms with E-state index < -0.39 is 0 Å². The van der Waals surface area contributed by atoms with Crippen LogP contribution in [0.25, 0.3) is 0 Å². The van der Waals surface area contributed by atoms with Gasteiger partial charge in [-0.2, -0.15) is 0 Å². The summed E-state index contributed by atoms with van der Waals surface area (Å²) in [6.07, 6.45) is 0. The normalized spacial score (nSPS) is 0.750. The van der Waals surface area contributed by atoms with Crippen LogP contribution in [0.2, 0.25) is 0 Å². The molecule has 0 fully saturated rings. The Morgan fingerprint density at radius 1 is 1.25 bits per heavy atom. The van der Waals surface area contributed by atoms with Gasteiger partial charge in [0.05, 0.1) is 0 Å². The molecule has 0 spiro atoms. The molecule has 0 aliphatic heterocycles. The zero-order valence-electron chi connectivity index (χ0n) is 1.12. The fourth-order valence-electron chi connectivity index (χ4n) is 0.